The van der Waals surface area contributed by atoms with Gasteiger partial charge in [0.2, 0.25) is 0 Å². The van der Waals surface area contributed by atoms with Crippen LogP contribution in [0.5, 0.6) is 0 Å². The van der Waals surface area contributed by atoms with E-state index in [-0.39, 0.29) is 5.91 Å². The second-order valence-electron chi connectivity index (χ2n) is 5.14. The van der Waals surface area contributed by atoms with E-state index in [0.717, 1.165) is 16.7 Å². The summed E-state index contributed by atoms with van der Waals surface area (Å²) in [6.07, 6.45) is 9.04. The molecule has 1 amide bonds. The Morgan fingerprint density at radius 3 is 2.52 bits per heavy atom. The van der Waals surface area contributed by atoms with Gasteiger partial charge in [-0.15, -0.1) is 0 Å². The maximum absolute atomic E-state index is 12.3. The van der Waals surface area contributed by atoms with E-state index in [2.05, 4.69) is 27.1 Å². The molecule has 0 aliphatic carbocycles. The van der Waals surface area contributed by atoms with Crippen LogP contribution in [0.15, 0.2) is 72.1 Å². The van der Waals surface area contributed by atoms with Gasteiger partial charge >= 0.3 is 0 Å². The molecule has 1 heterocycles. The van der Waals surface area contributed by atoms with Gasteiger partial charge in [-0.2, -0.15) is 0 Å². The van der Waals surface area contributed by atoms with Gasteiger partial charge in [-0.1, -0.05) is 48.4 Å². The normalized spacial score (nSPS) is 12.4. The lowest BCUT2D eigenvalue weighted by atomic mass is 9.94. The molecule has 0 aliphatic rings. The molecule has 0 bridgehead atoms. The first-order chi connectivity index (χ1) is 12.2. The first-order valence-electron chi connectivity index (χ1n) is 8.03. The van der Waals surface area contributed by atoms with E-state index < -0.39 is 0 Å². The molecule has 0 atom stereocenters. The van der Waals surface area contributed by atoms with Crippen molar-refractivity contribution < 1.29 is 4.79 Å². The van der Waals surface area contributed by atoms with Crippen molar-refractivity contribution >= 4 is 11.5 Å². The fourth-order valence-electron chi connectivity index (χ4n) is 2.29. The van der Waals surface area contributed by atoms with Crippen LogP contribution in [0.4, 0.5) is 0 Å². The smallest absolute Gasteiger partial charge is 0.251 e. The van der Waals surface area contributed by atoms with E-state index in [4.69, 9.17) is 0 Å². The number of carbonyl (C=O) groups is 1. The quantitative estimate of drug-likeness (QED) is 0.512. The number of aromatic nitrogens is 2. The predicted molar refractivity (Wildman–Crippen MR) is 101 cm³/mol. The minimum atomic E-state index is -0.132. The highest BCUT2D eigenvalue weighted by Gasteiger charge is 2.14. The molecule has 2 aromatic rings. The molecular weight excluding hydrogens is 310 g/mol. The van der Waals surface area contributed by atoms with Crippen molar-refractivity contribution in [3.05, 3.63) is 83.5 Å². The van der Waals surface area contributed by atoms with Gasteiger partial charge in [-0.05, 0) is 37.0 Å². The van der Waals surface area contributed by atoms with Gasteiger partial charge in [-0.3, -0.25) is 4.79 Å². The Labute approximate surface area is 148 Å². The number of imidazole rings is 1. The predicted octanol–water partition coefficient (Wildman–Crippen LogP) is 3.48. The Bertz CT molecular complexity index is 861. The van der Waals surface area contributed by atoms with E-state index in [1.807, 2.05) is 62.4 Å². The fourth-order valence-corrected chi connectivity index (χ4v) is 2.29. The minimum absolute atomic E-state index is 0.132. The summed E-state index contributed by atoms with van der Waals surface area (Å²) < 4.78 is 0. The van der Waals surface area contributed by atoms with Crippen LogP contribution in [0, 0.1) is 11.8 Å². The van der Waals surface area contributed by atoms with Crippen molar-refractivity contribution in [3.63, 3.8) is 0 Å². The molecule has 2 N–H and O–H groups in total. The summed E-state index contributed by atoms with van der Waals surface area (Å²) in [5, 5.41) is 2.69. The van der Waals surface area contributed by atoms with Crippen LogP contribution in [0.3, 0.4) is 0 Å². The van der Waals surface area contributed by atoms with Crippen LogP contribution in [0.25, 0.3) is 5.57 Å². The standard InChI is InChI=1S/C21H21N3O/c1-4-16(11-12-20-23-13-14-24-20)15-19(17-9-7-6-8-10-17)18(5-2)21(25)22-3/h4-10,13-15H,1-3H3,(H,22,25)(H,23,24)/b16-4-,18-5+,19-15-. The highest BCUT2D eigenvalue weighted by Crippen LogP contribution is 2.25. The molecule has 25 heavy (non-hydrogen) atoms. The van der Waals surface area contributed by atoms with Crippen LogP contribution < -0.4 is 5.32 Å². The Hall–Kier alpha value is -3.32. The van der Waals surface area contributed by atoms with Crippen molar-refractivity contribution in [2.75, 3.05) is 7.05 Å². The molecule has 0 radical (unpaired) electrons. The summed E-state index contributed by atoms with van der Waals surface area (Å²) in [6, 6.07) is 9.80. The van der Waals surface area contributed by atoms with E-state index >= 15 is 0 Å². The number of hydrogen-bond acceptors (Lipinski definition) is 2. The number of nitrogens with one attached hydrogen (secondary N) is 2. The lowest BCUT2D eigenvalue weighted by Crippen LogP contribution is -2.20. The van der Waals surface area contributed by atoms with Crippen molar-refractivity contribution in [2.24, 2.45) is 0 Å². The highest BCUT2D eigenvalue weighted by molar-refractivity contribution is 6.09. The van der Waals surface area contributed by atoms with Crippen molar-refractivity contribution in [1.82, 2.24) is 15.3 Å². The molecule has 4 heteroatoms. The van der Waals surface area contributed by atoms with Crippen molar-refractivity contribution in [1.29, 1.82) is 0 Å². The highest BCUT2D eigenvalue weighted by atomic mass is 16.1. The van der Waals surface area contributed by atoms with Crippen LogP contribution in [0.2, 0.25) is 0 Å². The zero-order valence-electron chi connectivity index (χ0n) is 14.6. The number of rotatable bonds is 4. The third kappa shape index (κ3) is 4.82. The molecular formula is C21H21N3O. The number of benzene rings is 1. The number of nitrogens with zero attached hydrogens (tertiary/aromatic N) is 1. The molecule has 1 aromatic heterocycles. The average molecular weight is 331 g/mol. The summed E-state index contributed by atoms with van der Waals surface area (Å²) in [7, 11) is 1.63. The molecule has 2 rings (SSSR count). The fraction of sp³-hybridized carbons (Fsp3) is 0.143. The second kappa shape index (κ2) is 9.09. The molecule has 126 valence electrons. The molecule has 0 saturated carbocycles. The van der Waals surface area contributed by atoms with Gasteiger partial charge in [0.1, 0.15) is 0 Å². The third-order valence-corrected chi connectivity index (χ3v) is 3.57. The van der Waals surface area contributed by atoms with Gasteiger partial charge in [0.15, 0.2) is 5.82 Å². The largest absolute Gasteiger partial charge is 0.355 e. The molecule has 0 fully saturated rings. The van der Waals surface area contributed by atoms with E-state index in [1.165, 1.54) is 0 Å². The molecule has 0 saturated heterocycles. The van der Waals surface area contributed by atoms with Gasteiger partial charge in [0.05, 0.1) is 0 Å². The Morgan fingerprint density at radius 1 is 1.20 bits per heavy atom. The summed E-state index contributed by atoms with van der Waals surface area (Å²) in [6.45, 7) is 3.77. The van der Waals surface area contributed by atoms with E-state index in [0.29, 0.717) is 11.4 Å². The first-order valence-corrected chi connectivity index (χ1v) is 8.03. The molecule has 0 aliphatic heterocycles. The zero-order chi connectivity index (χ0) is 18.1. The number of hydrogen-bond donors (Lipinski definition) is 2. The Kier molecular flexibility index (Phi) is 6.56. The number of allylic oxidation sites excluding steroid dienone is 4. The summed E-state index contributed by atoms with van der Waals surface area (Å²) >= 11 is 0. The zero-order valence-corrected chi connectivity index (χ0v) is 14.6. The molecule has 0 spiro atoms. The number of aromatic amines is 1. The second-order valence-corrected chi connectivity index (χ2v) is 5.14. The van der Waals surface area contributed by atoms with Crippen LogP contribution >= 0.6 is 0 Å². The minimum Gasteiger partial charge on any atom is -0.355 e. The number of amides is 1. The number of H-pyrrole nitrogens is 1. The third-order valence-electron chi connectivity index (χ3n) is 3.57. The van der Waals surface area contributed by atoms with Gasteiger partial charge in [0.25, 0.3) is 5.91 Å². The number of carbonyl (C=O) groups excluding carboxylic acids is 1. The monoisotopic (exact) mass is 331 g/mol. The number of likely N-dealkylation sites (N-methyl/N-ethyl adjacent to an activating group) is 1. The van der Waals surface area contributed by atoms with Crippen LogP contribution in [0.1, 0.15) is 25.2 Å². The Morgan fingerprint density at radius 2 is 1.96 bits per heavy atom. The van der Waals surface area contributed by atoms with Crippen LogP contribution in [-0.4, -0.2) is 22.9 Å². The van der Waals surface area contributed by atoms with Crippen LogP contribution in [-0.2, 0) is 4.79 Å². The van der Waals surface area contributed by atoms with Crippen molar-refractivity contribution in [3.8, 4) is 11.8 Å². The van der Waals surface area contributed by atoms with Crippen molar-refractivity contribution in [2.45, 2.75) is 13.8 Å². The van der Waals surface area contributed by atoms with Gasteiger partial charge < -0.3 is 10.3 Å². The first kappa shape index (κ1) is 18.0. The average Bonchev–Trinajstić information content (AvgIpc) is 3.18. The maximum Gasteiger partial charge on any atom is 0.251 e. The summed E-state index contributed by atoms with van der Waals surface area (Å²) in [4.78, 5) is 19.3. The van der Waals surface area contributed by atoms with Gasteiger partial charge in [-0.25, -0.2) is 4.98 Å². The molecule has 1 aromatic carbocycles. The van der Waals surface area contributed by atoms with E-state index in [9.17, 15) is 4.79 Å². The Balaban J connectivity index is 2.50. The lowest BCUT2D eigenvalue weighted by molar-refractivity contribution is -0.116. The molecule has 0 unspecified atom stereocenters. The maximum atomic E-state index is 12.3. The van der Waals surface area contributed by atoms with Gasteiger partial charge in [0, 0.05) is 30.6 Å². The molecule has 4 nitrogen and oxygen atoms in total. The lowest BCUT2D eigenvalue weighted by Gasteiger charge is -2.11. The van der Waals surface area contributed by atoms with E-state index in [1.54, 1.807) is 19.4 Å². The summed E-state index contributed by atoms with van der Waals surface area (Å²) in [5.74, 6) is 6.54. The summed E-state index contributed by atoms with van der Waals surface area (Å²) in [5.41, 5.74) is 3.19. The topological polar surface area (TPSA) is 57.8 Å². The SMILES string of the molecule is C\C=C(C#Cc1ncc[nH]1)/C=C(\C(=C/C)C(=O)NC)c1ccccc1.